The van der Waals surface area contributed by atoms with Gasteiger partial charge in [-0.25, -0.2) is 15.0 Å². The number of halogens is 1. The molecule has 1 aliphatic heterocycles. The van der Waals surface area contributed by atoms with E-state index in [-0.39, 0.29) is 28.7 Å². The second kappa shape index (κ2) is 9.75. The molecule has 1 aliphatic rings. The van der Waals surface area contributed by atoms with Crippen molar-refractivity contribution in [1.29, 1.82) is 0 Å². The number of ether oxygens (including phenoxy) is 2. The number of nitrogens with zero attached hydrogens (tertiary/aromatic N) is 4. The van der Waals surface area contributed by atoms with Crippen molar-refractivity contribution in [3.05, 3.63) is 53.6 Å². The highest BCUT2D eigenvalue weighted by atomic mass is 35.5. The lowest BCUT2D eigenvalue weighted by Crippen LogP contribution is -2.51. The lowest BCUT2D eigenvalue weighted by Gasteiger charge is -2.39. The molecule has 2 amide bonds. The molecule has 0 spiro atoms. The van der Waals surface area contributed by atoms with E-state index in [1.54, 1.807) is 24.1 Å². The summed E-state index contributed by atoms with van der Waals surface area (Å²) in [7, 11) is 3.10. The van der Waals surface area contributed by atoms with Gasteiger partial charge in [0.1, 0.15) is 23.3 Å². The summed E-state index contributed by atoms with van der Waals surface area (Å²) in [5, 5.41) is 2.76. The Balaban J connectivity index is 1.91. The molecule has 0 aromatic carbocycles. The second-order valence-corrected chi connectivity index (χ2v) is 6.99. The van der Waals surface area contributed by atoms with Crippen molar-refractivity contribution in [2.75, 3.05) is 33.9 Å². The molecule has 1 N–H and O–H groups in total. The maximum absolute atomic E-state index is 12.3. The summed E-state index contributed by atoms with van der Waals surface area (Å²) in [6.45, 7) is 4.55. The number of amides is 2. The Morgan fingerprint density at radius 2 is 2.17 bits per heavy atom. The van der Waals surface area contributed by atoms with Crippen LogP contribution >= 0.6 is 11.6 Å². The van der Waals surface area contributed by atoms with Crippen molar-refractivity contribution >= 4 is 23.4 Å². The van der Waals surface area contributed by atoms with Crippen LogP contribution < -0.4 is 5.32 Å². The van der Waals surface area contributed by atoms with Crippen molar-refractivity contribution in [3.8, 4) is 11.4 Å². The number of hydrogen-bond donors (Lipinski definition) is 1. The zero-order chi connectivity index (χ0) is 21.7. The highest BCUT2D eigenvalue weighted by Crippen LogP contribution is 2.29. The molecule has 2 atom stereocenters. The van der Waals surface area contributed by atoms with Crippen molar-refractivity contribution in [1.82, 2.24) is 25.2 Å². The van der Waals surface area contributed by atoms with Crippen LogP contribution in [0, 0.1) is 0 Å². The van der Waals surface area contributed by atoms with Gasteiger partial charge in [0.25, 0.3) is 5.91 Å². The Bertz CT molecular complexity index is 955. The van der Waals surface area contributed by atoms with Crippen LogP contribution in [0.1, 0.15) is 22.2 Å². The molecule has 0 aliphatic carbocycles. The molecule has 1 saturated heterocycles. The first-order chi connectivity index (χ1) is 14.5. The third-order valence-electron chi connectivity index (χ3n) is 4.69. The van der Waals surface area contributed by atoms with Gasteiger partial charge in [0.15, 0.2) is 0 Å². The van der Waals surface area contributed by atoms with Gasteiger partial charge in [0.2, 0.25) is 5.91 Å². The average molecular weight is 432 g/mol. The number of rotatable bonds is 6. The molecule has 2 aromatic rings. The zero-order valence-corrected chi connectivity index (χ0v) is 17.4. The third-order valence-corrected chi connectivity index (χ3v) is 4.88. The minimum Gasteiger partial charge on any atom is -0.382 e. The topological polar surface area (TPSA) is 107 Å². The van der Waals surface area contributed by atoms with Crippen LogP contribution in [0.25, 0.3) is 11.4 Å². The Morgan fingerprint density at radius 3 is 2.87 bits per heavy atom. The Labute approximate surface area is 179 Å². The van der Waals surface area contributed by atoms with Gasteiger partial charge in [-0.2, -0.15) is 0 Å². The smallest absolute Gasteiger partial charge is 0.269 e. The average Bonchev–Trinajstić information content (AvgIpc) is 2.78. The SMILES string of the molecule is C=CC(=O)N1C[C@@H](c2cc(Cl)nc(-c3cc(C(=O)NC)ncn3)c2)OC[C@@H]1COC. The number of morpholine rings is 1. The van der Waals surface area contributed by atoms with Crippen LogP contribution in [-0.2, 0) is 14.3 Å². The summed E-state index contributed by atoms with van der Waals surface area (Å²) in [5.74, 6) is -0.531. The van der Waals surface area contributed by atoms with Crippen LogP contribution in [0.4, 0.5) is 0 Å². The Hall–Kier alpha value is -2.88. The first kappa shape index (κ1) is 21.8. The molecule has 10 heteroatoms. The van der Waals surface area contributed by atoms with Gasteiger partial charge in [-0.05, 0) is 29.8 Å². The van der Waals surface area contributed by atoms with Gasteiger partial charge in [-0.3, -0.25) is 9.59 Å². The summed E-state index contributed by atoms with van der Waals surface area (Å²) in [5.41, 5.74) is 1.86. The van der Waals surface area contributed by atoms with Crippen molar-refractivity contribution in [2.45, 2.75) is 12.1 Å². The van der Waals surface area contributed by atoms with Crippen LogP contribution in [0.5, 0.6) is 0 Å². The molecule has 9 nitrogen and oxygen atoms in total. The standard InChI is InChI=1S/C20H22ClN5O4/c1-4-19(27)26-8-17(30-10-13(26)9-29-3)12-5-15(25-18(21)6-12)14-7-16(20(28)22-2)24-11-23-14/h4-7,11,13,17H,1,8-10H2,2-3H3,(H,22,28)/t13-,17-/m0/s1. The van der Waals surface area contributed by atoms with Gasteiger partial charge in [0, 0.05) is 14.2 Å². The number of pyridine rings is 1. The fourth-order valence-corrected chi connectivity index (χ4v) is 3.42. The van der Waals surface area contributed by atoms with Crippen molar-refractivity contribution in [3.63, 3.8) is 0 Å². The van der Waals surface area contributed by atoms with Crippen LogP contribution in [-0.4, -0.2) is 71.6 Å². The van der Waals surface area contributed by atoms with Crippen molar-refractivity contribution < 1.29 is 19.1 Å². The minimum atomic E-state index is -0.415. The Kier molecular flexibility index (Phi) is 7.09. The van der Waals surface area contributed by atoms with Crippen LogP contribution in [0.2, 0.25) is 5.15 Å². The summed E-state index contributed by atoms with van der Waals surface area (Å²) >= 11 is 6.25. The van der Waals surface area contributed by atoms with Gasteiger partial charge < -0.3 is 19.7 Å². The first-order valence-corrected chi connectivity index (χ1v) is 9.60. The van der Waals surface area contributed by atoms with Gasteiger partial charge in [-0.1, -0.05) is 18.2 Å². The number of methoxy groups -OCH3 is 1. The lowest BCUT2D eigenvalue weighted by atomic mass is 10.0. The molecule has 30 heavy (non-hydrogen) atoms. The Morgan fingerprint density at radius 1 is 1.37 bits per heavy atom. The zero-order valence-electron chi connectivity index (χ0n) is 16.7. The maximum Gasteiger partial charge on any atom is 0.269 e. The van der Waals surface area contributed by atoms with E-state index < -0.39 is 6.10 Å². The maximum atomic E-state index is 12.3. The van der Waals surface area contributed by atoms with Gasteiger partial charge in [-0.15, -0.1) is 0 Å². The van der Waals surface area contributed by atoms with Crippen LogP contribution in [0.3, 0.4) is 0 Å². The summed E-state index contributed by atoms with van der Waals surface area (Å²) < 4.78 is 11.2. The lowest BCUT2D eigenvalue weighted by molar-refractivity contribution is -0.143. The molecule has 1 fully saturated rings. The first-order valence-electron chi connectivity index (χ1n) is 9.22. The normalized spacial score (nSPS) is 18.7. The molecule has 3 heterocycles. The molecule has 0 saturated carbocycles. The monoisotopic (exact) mass is 431 g/mol. The fraction of sp³-hybridized carbons (Fsp3) is 0.350. The van der Waals surface area contributed by atoms with E-state index in [4.69, 9.17) is 21.1 Å². The molecule has 2 aromatic heterocycles. The third kappa shape index (κ3) is 4.81. The molecule has 158 valence electrons. The van der Waals surface area contributed by atoms with E-state index >= 15 is 0 Å². The molecular weight excluding hydrogens is 410 g/mol. The highest BCUT2D eigenvalue weighted by molar-refractivity contribution is 6.29. The van der Waals surface area contributed by atoms with Crippen molar-refractivity contribution in [2.24, 2.45) is 0 Å². The van der Waals surface area contributed by atoms with E-state index in [0.29, 0.717) is 31.1 Å². The number of carbonyl (C=O) groups excluding carboxylic acids is 2. The molecule has 0 bridgehead atoms. The molecule has 0 unspecified atom stereocenters. The molecular formula is C20H22ClN5O4. The van der Waals surface area contributed by atoms with Gasteiger partial charge in [0.05, 0.1) is 37.2 Å². The molecule has 0 radical (unpaired) electrons. The van der Waals surface area contributed by atoms with Crippen LogP contribution in [0.15, 0.2) is 37.2 Å². The summed E-state index contributed by atoms with van der Waals surface area (Å²) in [6, 6.07) is 4.79. The van der Waals surface area contributed by atoms with E-state index in [1.807, 2.05) is 0 Å². The second-order valence-electron chi connectivity index (χ2n) is 6.60. The number of hydrogen-bond acceptors (Lipinski definition) is 7. The van der Waals surface area contributed by atoms with Gasteiger partial charge >= 0.3 is 0 Å². The number of aromatic nitrogens is 3. The minimum absolute atomic E-state index is 0.197. The summed E-state index contributed by atoms with van der Waals surface area (Å²) in [6.07, 6.45) is 2.15. The predicted octanol–water partition coefficient (Wildman–Crippen LogP) is 1.65. The van der Waals surface area contributed by atoms with E-state index in [0.717, 1.165) is 5.56 Å². The largest absolute Gasteiger partial charge is 0.382 e. The number of carbonyl (C=O) groups is 2. The molecule has 3 rings (SSSR count). The fourth-order valence-electron chi connectivity index (χ4n) is 3.20. The van der Waals surface area contributed by atoms with E-state index in [2.05, 4.69) is 26.8 Å². The predicted molar refractivity (Wildman–Crippen MR) is 110 cm³/mol. The summed E-state index contributed by atoms with van der Waals surface area (Å²) in [4.78, 5) is 38.3. The highest BCUT2D eigenvalue weighted by Gasteiger charge is 2.32. The van der Waals surface area contributed by atoms with E-state index in [1.165, 1.54) is 25.5 Å². The number of nitrogens with one attached hydrogen (secondary N) is 1. The quantitative estimate of drug-likeness (QED) is 0.547. The van der Waals surface area contributed by atoms with E-state index in [9.17, 15) is 9.59 Å².